The number of carboxylic acid groups (broad SMARTS) is 1. The highest BCUT2D eigenvalue weighted by Crippen LogP contribution is 2.49. The molecule has 5 heteroatoms. The molecular weight excluding hydrogens is 268 g/mol. The minimum atomic E-state index is -1.12. The molecule has 3 rings (SSSR count). The Hall–Kier alpha value is -1.91. The van der Waals surface area contributed by atoms with E-state index in [1.807, 2.05) is 6.92 Å². The summed E-state index contributed by atoms with van der Waals surface area (Å²) in [7, 11) is 0. The van der Waals surface area contributed by atoms with Gasteiger partial charge in [-0.2, -0.15) is 0 Å². The van der Waals surface area contributed by atoms with E-state index in [9.17, 15) is 9.59 Å². The van der Waals surface area contributed by atoms with Gasteiger partial charge in [-0.05, 0) is 56.1 Å². The van der Waals surface area contributed by atoms with E-state index >= 15 is 0 Å². The fourth-order valence-electron chi connectivity index (χ4n) is 3.97. The van der Waals surface area contributed by atoms with E-state index < -0.39 is 5.97 Å². The average Bonchev–Trinajstić information content (AvgIpc) is 3.10. The number of aromatic nitrogens is 1. The van der Waals surface area contributed by atoms with Gasteiger partial charge < -0.3 is 10.4 Å². The first-order valence-electron chi connectivity index (χ1n) is 7.56. The molecule has 1 aromatic rings. The molecule has 2 bridgehead atoms. The second-order valence-corrected chi connectivity index (χ2v) is 6.31. The van der Waals surface area contributed by atoms with Crippen molar-refractivity contribution in [2.24, 2.45) is 17.8 Å². The number of amides is 1. The summed E-state index contributed by atoms with van der Waals surface area (Å²) in [6.45, 7) is 2.05. The Bertz CT molecular complexity index is 572. The minimum absolute atomic E-state index is 0.102. The lowest BCUT2D eigenvalue weighted by atomic mass is 9.84. The van der Waals surface area contributed by atoms with Crippen molar-refractivity contribution in [3.8, 4) is 0 Å². The predicted molar refractivity (Wildman–Crippen MR) is 77.1 cm³/mol. The fraction of sp³-hybridized carbons (Fsp3) is 0.562. The molecule has 4 atom stereocenters. The third kappa shape index (κ3) is 2.77. The zero-order chi connectivity index (χ0) is 15.0. The lowest BCUT2D eigenvalue weighted by Crippen LogP contribution is -2.40. The van der Waals surface area contributed by atoms with Crippen molar-refractivity contribution in [2.45, 2.75) is 38.6 Å². The topological polar surface area (TPSA) is 79.3 Å². The first kappa shape index (κ1) is 14.0. The van der Waals surface area contributed by atoms with Crippen molar-refractivity contribution in [3.05, 3.63) is 29.6 Å². The maximum Gasteiger partial charge on any atom is 0.354 e. The molecule has 21 heavy (non-hydrogen) atoms. The Morgan fingerprint density at radius 3 is 2.67 bits per heavy atom. The highest BCUT2D eigenvalue weighted by Gasteiger charge is 2.42. The van der Waals surface area contributed by atoms with E-state index in [2.05, 4.69) is 10.3 Å². The number of aromatic carboxylic acids is 1. The predicted octanol–water partition coefficient (Wildman–Crippen LogP) is 2.33. The maximum absolute atomic E-state index is 12.2. The van der Waals surface area contributed by atoms with Crippen LogP contribution >= 0.6 is 0 Å². The van der Waals surface area contributed by atoms with Gasteiger partial charge in [0.2, 0.25) is 0 Å². The zero-order valence-corrected chi connectivity index (χ0v) is 12.1. The standard InChI is InChI=1S/C16H20N2O3/c1-9(12-8-10-5-6-11(12)7-10)17-15(19)13-3-2-4-14(18-13)16(20)21/h2-4,9-12H,5-8H2,1H3,(H,17,19)(H,20,21). The Morgan fingerprint density at radius 2 is 2.05 bits per heavy atom. The molecule has 1 amide bonds. The summed E-state index contributed by atoms with van der Waals surface area (Å²) in [5.41, 5.74) is 0.0696. The van der Waals surface area contributed by atoms with Crippen molar-refractivity contribution in [3.63, 3.8) is 0 Å². The normalized spacial score (nSPS) is 28.3. The summed E-state index contributed by atoms with van der Waals surface area (Å²) in [5, 5.41) is 11.9. The van der Waals surface area contributed by atoms with E-state index in [4.69, 9.17) is 5.11 Å². The van der Waals surface area contributed by atoms with E-state index in [1.165, 1.54) is 31.7 Å². The number of hydrogen-bond acceptors (Lipinski definition) is 3. The van der Waals surface area contributed by atoms with Gasteiger partial charge in [0.1, 0.15) is 11.4 Å². The molecule has 2 fully saturated rings. The Kier molecular flexibility index (Phi) is 3.66. The van der Waals surface area contributed by atoms with Crippen LogP contribution in [0.5, 0.6) is 0 Å². The Balaban J connectivity index is 1.66. The van der Waals surface area contributed by atoms with Crippen molar-refractivity contribution < 1.29 is 14.7 Å². The number of nitrogens with zero attached hydrogens (tertiary/aromatic N) is 1. The van der Waals surface area contributed by atoms with Gasteiger partial charge in [0.05, 0.1) is 0 Å². The van der Waals surface area contributed by atoms with Crippen molar-refractivity contribution in [1.82, 2.24) is 10.3 Å². The van der Waals surface area contributed by atoms with Crippen molar-refractivity contribution in [1.29, 1.82) is 0 Å². The van der Waals surface area contributed by atoms with Gasteiger partial charge in [-0.1, -0.05) is 12.5 Å². The summed E-state index contributed by atoms with van der Waals surface area (Å²) in [6, 6.07) is 4.60. The number of rotatable bonds is 4. The van der Waals surface area contributed by atoms with Crippen LogP contribution < -0.4 is 5.32 Å². The van der Waals surface area contributed by atoms with Crippen LogP contribution in [0.3, 0.4) is 0 Å². The van der Waals surface area contributed by atoms with Gasteiger partial charge in [0.25, 0.3) is 5.91 Å². The molecule has 0 aliphatic heterocycles. The SMILES string of the molecule is CC(NC(=O)c1cccc(C(=O)O)n1)C1CC2CCC1C2. The summed E-state index contributed by atoms with van der Waals surface area (Å²) < 4.78 is 0. The molecule has 2 saturated carbocycles. The van der Waals surface area contributed by atoms with Gasteiger partial charge in [-0.25, -0.2) is 9.78 Å². The zero-order valence-electron chi connectivity index (χ0n) is 12.1. The van der Waals surface area contributed by atoms with Crippen LogP contribution in [0.15, 0.2) is 18.2 Å². The van der Waals surface area contributed by atoms with Gasteiger partial charge in [0, 0.05) is 6.04 Å². The third-order valence-electron chi connectivity index (χ3n) is 4.99. The van der Waals surface area contributed by atoms with E-state index in [-0.39, 0.29) is 23.3 Å². The van der Waals surface area contributed by atoms with Crippen LogP contribution in [-0.2, 0) is 0 Å². The van der Waals surface area contributed by atoms with Crippen molar-refractivity contribution in [2.75, 3.05) is 0 Å². The summed E-state index contributed by atoms with van der Waals surface area (Å²) in [5.74, 6) is 0.728. The summed E-state index contributed by atoms with van der Waals surface area (Å²) >= 11 is 0. The highest BCUT2D eigenvalue weighted by molar-refractivity contribution is 5.94. The van der Waals surface area contributed by atoms with E-state index in [1.54, 1.807) is 12.1 Å². The largest absolute Gasteiger partial charge is 0.477 e. The van der Waals surface area contributed by atoms with Gasteiger partial charge >= 0.3 is 5.97 Å². The molecule has 0 aromatic carbocycles. The molecular formula is C16H20N2O3. The quantitative estimate of drug-likeness (QED) is 0.891. The van der Waals surface area contributed by atoms with E-state index in [0.29, 0.717) is 5.92 Å². The van der Waals surface area contributed by atoms with E-state index in [0.717, 1.165) is 11.8 Å². The molecule has 1 heterocycles. The Labute approximate surface area is 123 Å². The molecule has 2 aliphatic carbocycles. The summed E-state index contributed by atoms with van der Waals surface area (Å²) in [4.78, 5) is 27.0. The first-order valence-corrected chi connectivity index (χ1v) is 7.56. The molecule has 0 spiro atoms. The number of hydrogen-bond donors (Lipinski definition) is 2. The maximum atomic E-state index is 12.2. The molecule has 2 aliphatic rings. The monoisotopic (exact) mass is 288 g/mol. The first-order chi connectivity index (χ1) is 10.0. The van der Waals surface area contributed by atoms with Crippen LogP contribution in [-0.4, -0.2) is 28.0 Å². The lowest BCUT2D eigenvalue weighted by Gasteiger charge is -2.28. The number of pyridine rings is 1. The van der Waals surface area contributed by atoms with Gasteiger partial charge in [-0.15, -0.1) is 0 Å². The Morgan fingerprint density at radius 1 is 1.29 bits per heavy atom. The molecule has 4 unspecified atom stereocenters. The van der Waals surface area contributed by atoms with Crippen LogP contribution in [0.25, 0.3) is 0 Å². The number of fused-ring (bicyclic) bond motifs is 2. The molecule has 1 aromatic heterocycles. The lowest BCUT2D eigenvalue weighted by molar-refractivity contribution is 0.0690. The third-order valence-corrected chi connectivity index (χ3v) is 4.99. The van der Waals surface area contributed by atoms with Crippen LogP contribution in [0.4, 0.5) is 0 Å². The van der Waals surface area contributed by atoms with Crippen LogP contribution in [0, 0.1) is 17.8 Å². The van der Waals surface area contributed by atoms with Gasteiger partial charge in [0.15, 0.2) is 0 Å². The fourth-order valence-corrected chi connectivity index (χ4v) is 3.97. The second kappa shape index (κ2) is 5.47. The number of carboxylic acids is 1. The molecule has 112 valence electrons. The number of carbonyl (C=O) groups excluding carboxylic acids is 1. The van der Waals surface area contributed by atoms with Crippen molar-refractivity contribution >= 4 is 11.9 Å². The molecule has 0 radical (unpaired) electrons. The highest BCUT2D eigenvalue weighted by atomic mass is 16.4. The van der Waals surface area contributed by atoms with Crippen LogP contribution in [0.2, 0.25) is 0 Å². The molecule has 0 saturated heterocycles. The van der Waals surface area contributed by atoms with Gasteiger partial charge in [-0.3, -0.25) is 4.79 Å². The number of carbonyl (C=O) groups is 2. The smallest absolute Gasteiger partial charge is 0.354 e. The van der Waals surface area contributed by atoms with Crippen LogP contribution in [0.1, 0.15) is 53.6 Å². The molecule has 5 nitrogen and oxygen atoms in total. The summed E-state index contributed by atoms with van der Waals surface area (Å²) in [6.07, 6.45) is 5.12. The average molecular weight is 288 g/mol. The minimum Gasteiger partial charge on any atom is -0.477 e. The molecule has 2 N–H and O–H groups in total. The number of nitrogens with one attached hydrogen (secondary N) is 1. The second-order valence-electron chi connectivity index (χ2n) is 6.31.